The second-order valence-corrected chi connectivity index (χ2v) is 17.0. The number of hydrogen-bond donors (Lipinski definition) is 8. The summed E-state index contributed by atoms with van der Waals surface area (Å²) in [5.74, 6) is -1.91. The molecule has 3 aliphatic rings. The highest BCUT2D eigenvalue weighted by Crippen LogP contribution is 2.46. The summed E-state index contributed by atoms with van der Waals surface area (Å²) >= 11 is 0. The van der Waals surface area contributed by atoms with Gasteiger partial charge in [-0.1, -0.05) is 66.7 Å². The van der Waals surface area contributed by atoms with Gasteiger partial charge in [-0.05, 0) is 71.5 Å². The van der Waals surface area contributed by atoms with E-state index in [-0.39, 0.29) is 17.7 Å². The number of rotatable bonds is 15. The van der Waals surface area contributed by atoms with Gasteiger partial charge in [-0.3, -0.25) is 4.79 Å². The molecule has 13 atom stereocenters. The van der Waals surface area contributed by atoms with E-state index in [1.807, 2.05) is 54.6 Å². The first kappa shape index (κ1) is 44.6. The normalized spacial score (nSPS) is 31.0. The number of nitrogens with zero attached hydrogens (tertiary/aromatic N) is 1. The maximum atomic E-state index is 13.5. The molecule has 18 heteroatoms. The van der Waals surface area contributed by atoms with Crippen LogP contribution in [0.4, 0.5) is 10.1 Å². The number of halogens is 1. The lowest BCUT2D eigenvalue weighted by Gasteiger charge is -2.48. The molecule has 8 N–H and O–H groups in total. The number of β-lactam (4-membered cyclic amide) rings is 1. The molecule has 0 aliphatic carbocycles. The molecular weight excluding hydrogens is 822 g/mol. The SMILES string of the molecule is O=C1[C@H](CC[C@H](O)c2ccc(F)cc2)[C@@H](c2ccc(-c3ccc(OS(=O)(=O)C[C@@H]4OC(CO)[C@H](O[C@@H]5OC(CO)[C@H](O)[C@H](O)C5O)[C@H](O)C4O)cc3)cc2)N1c1ccccc1. The number of aliphatic hydroxyl groups excluding tert-OH is 8. The van der Waals surface area contributed by atoms with E-state index in [1.165, 1.54) is 36.4 Å². The number of hydrogen-bond acceptors (Lipinski definition) is 15. The number of anilines is 1. The Morgan fingerprint density at radius 3 is 1.93 bits per heavy atom. The smallest absolute Gasteiger partial charge is 0.311 e. The Bertz CT molecular complexity index is 2180. The van der Waals surface area contributed by atoms with Gasteiger partial charge in [-0.25, -0.2) is 4.39 Å². The van der Waals surface area contributed by atoms with E-state index in [0.29, 0.717) is 24.0 Å². The zero-order valence-electron chi connectivity index (χ0n) is 32.5. The number of amides is 1. The monoisotopic (exact) mass is 869 g/mol. The van der Waals surface area contributed by atoms with E-state index in [0.717, 1.165) is 16.8 Å². The molecule has 3 aliphatic heterocycles. The lowest BCUT2D eigenvalue weighted by molar-refractivity contribution is -0.341. The van der Waals surface area contributed by atoms with Crippen LogP contribution in [0.2, 0.25) is 0 Å². The Morgan fingerprint density at radius 2 is 1.31 bits per heavy atom. The molecule has 3 saturated heterocycles. The van der Waals surface area contributed by atoms with E-state index in [9.17, 15) is 58.5 Å². The summed E-state index contributed by atoms with van der Waals surface area (Å²) in [6.07, 6.45) is -17.0. The first-order valence-electron chi connectivity index (χ1n) is 19.7. The van der Waals surface area contributed by atoms with Crippen LogP contribution >= 0.6 is 0 Å². The van der Waals surface area contributed by atoms with E-state index >= 15 is 0 Å². The summed E-state index contributed by atoms with van der Waals surface area (Å²) in [6.45, 7) is -1.59. The van der Waals surface area contributed by atoms with Crippen LogP contribution < -0.4 is 9.08 Å². The first-order chi connectivity index (χ1) is 29.2. The molecule has 7 rings (SSSR count). The van der Waals surface area contributed by atoms with Crippen LogP contribution in [0.25, 0.3) is 11.1 Å². The van der Waals surface area contributed by atoms with Gasteiger partial charge >= 0.3 is 10.1 Å². The van der Waals surface area contributed by atoms with E-state index in [1.54, 1.807) is 17.0 Å². The fourth-order valence-electron chi connectivity index (χ4n) is 8.04. The second-order valence-electron chi connectivity index (χ2n) is 15.4. The Balaban J connectivity index is 0.983. The molecular formula is C43H48FNO15S. The van der Waals surface area contributed by atoms with Crippen molar-refractivity contribution in [3.05, 3.63) is 120 Å². The molecule has 4 aromatic carbocycles. The third-order valence-corrected chi connectivity index (χ3v) is 12.6. The lowest BCUT2D eigenvalue weighted by atomic mass is 9.78. The van der Waals surface area contributed by atoms with Crippen molar-refractivity contribution >= 4 is 21.7 Å². The van der Waals surface area contributed by atoms with Gasteiger partial charge in [-0.15, -0.1) is 0 Å². The molecule has 0 radical (unpaired) electrons. The first-order valence-corrected chi connectivity index (χ1v) is 21.3. The van der Waals surface area contributed by atoms with Crippen molar-refractivity contribution in [3.63, 3.8) is 0 Å². The minimum Gasteiger partial charge on any atom is -0.394 e. The zero-order valence-corrected chi connectivity index (χ0v) is 33.3. The molecule has 3 fully saturated rings. The average molecular weight is 870 g/mol. The molecule has 3 heterocycles. The number of aliphatic hydroxyl groups is 8. The number of carbonyl (C=O) groups is 1. The van der Waals surface area contributed by atoms with Crippen molar-refractivity contribution in [3.8, 4) is 16.9 Å². The molecule has 0 spiro atoms. The molecule has 0 aromatic heterocycles. The second kappa shape index (κ2) is 18.9. The highest BCUT2D eigenvalue weighted by Gasteiger charge is 2.51. The van der Waals surface area contributed by atoms with Gasteiger partial charge in [-0.2, -0.15) is 8.42 Å². The molecule has 61 heavy (non-hydrogen) atoms. The van der Waals surface area contributed by atoms with Crippen LogP contribution in [-0.2, 0) is 29.1 Å². The summed E-state index contributed by atoms with van der Waals surface area (Å²) in [6, 6.07) is 28.3. The standard InChI is InChI=1S/C43H48FNO15S/c44-27-14-10-25(11-15-27)31(48)19-18-30-35(45(42(30)54)28-4-2-1-3-5-28)26-8-6-23(7-9-26)24-12-16-29(17-13-24)60-61(55,56)22-34-37(50)39(52)41(33(21-47)57-34)59-43-40(53)38(51)36(49)32(20-46)58-43/h1-17,30-41,43,46-53H,18-22H2/t30-,31+,32?,33?,34+,35-,36+,37?,38+,39-,40?,41+,43+/m1/s1. The van der Waals surface area contributed by atoms with E-state index in [4.69, 9.17) is 18.4 Å². The number of ether oxygens (including phenoxy) is 3. The molecule has 0 bridgehead atoms. The fraction of sp³-hybridized carbons (Fsp3) is 0.419. The predicted molar refractivity (Wildman–Crippen MR) is 213 cm³/mol. The van der Waals surface area contributed by atoms with Crippen LogP contribution in [0.1, 0.15) is 36.1 Å². The highest BCUT2D eigenvalue weighted by molar-refractivity contribution is 7.87. The zero-order chi connectivity index (χ0) is 43.6. The van der Waals surface area contributed by atoms with Crippen molar-refractivity contribution in [1.29, 1.82) is 0 Å². The van der Waals surface area contributed by atoms with E-state index < -0.39 is 108 Å². The molecule has 4 aromatic rings. The molecule has 16 nitrogen and oxygen atoms in total. The Morgan fingerprint density at radius 1 is 0.705 bits per heavy atom. The lowest BCUT2D eigenvalue weighted by Crippen LogP contribution is -2.65. The Hall–Kier alpha value is -4.41. The van der Waals surface area contributed by atoms with Crippen molar-refractivity contribution in [2.24, 2.45) is 5.92 Å². The Labute approximate surface area is 350 Å². The summed E-state index contributed by atoms with van der Waals surface area (Å²) < 4.78 is 61.5. The van der Waals surface area contributed by atoms with Gasteiger partial charge in [0.2, 0.25) is 5.91 Å². The Kier molecular flexibility index (Phi) is 13.8. The third kappa shape index (κ3) is 9.65. The van der Waals surface area contributed by atoms with Crippen molar-refractivity contribution in [1.82, 2.24) is 0 Å². The van der Waals surface area contributed by atoms with Crippen LogP contribution in [0, 0.1) is 11.7 Å². The third-order valence-electron chi connectivity index (χ3n) is 11.4. The van der Waals surface area contributed by atoms with Gasteiger partial charge in [0.15, 0.2) is 6.29 Å². The van der Waals surface area contributed by atoms with Crippen molar-refractivity contribution < 1.29 is 76.8 Å². The average Bonchev–Trinajstić information content (AvgIpc) is 3.26. The summed E-state index contributed by atoms with van der Waals surface area (Å²) in [5, 5.41) is 82.5. The molecule has 4 unspecified atom stereocenters. The topological polar surface area (TPSA) is 253 Å². The maximum Gasteiger partial charge on any atom is 0.311 e. The van der Waals surface area contributed by atoms with Crippen LogP contribution in [0.3, 0.4) is 0 Å². The van der Waals surface area contributed by atoms with Gasteiger partial charge in [0, 0.05) is 5.69 Å². The number of carbonyl (C=O) groups excluding carboxylic acids is 1. The van der Waals surface area contributed by atoms with Crippen LogP contribution in [-0.4, -0.2) is 135 Å². The van der Waals surface area contributed by atoms with Gasteiger partial charge < -0.3 is 64.1 Å². The minimum absolute atomic E-state index is 0.0640. The van der Waals surface area contributed by atoms with E-state index in [2.05, 4.69) is 0 Å². The van der Waals surface area contributed by atoms with Crippen molar-refractivity contribution in [2.75, 3.05) is 23.9 Å². The summed E-state index contributed by atoms with van der Waals surface area (Å²) in [4.78, 5) is 15.2. The number of para-hydroxylation sites is 1. The predicted octanol–water partition coefficient (Wildman–Crippen LogP) is 1.09. The number of benzene rings is 4. The summed E-state index contributed by atoms with van der Waals surface area (Å²) in [7, 11) is -4.49. The molecule has 0 saturated carbocycles. The minimum atomic E-state index is -4.49. The van der Waals surface area contributed by atoms with Gasteiger partial charge in [0.05, 0.1) is 31.3 Å². The van der Waals surface area contributed by atoms with Crippen LogP contribution in [0.15, 0.2) is 103 Å². The quantitative estimate of drug-likeness (QED) is 0.0615. The van der Waals surface area contributed by atoms with Crippen molar-refractivity contribution in [2.45, 2.75) is 86.2 Å². The summed E-state index contributed by atoms with van der Waals surface area (Å²) in [5.41, 5.74) is 3.66. The van der Waals surface area contributed by atoms with Gasteiger partial charge in [0.1, 0.15) is 72.3 Å². The molecule has 1 amide bonds. The largest absolute Gasteiger partial charge is 0.394 e. The fourth-order valence-corrected chi connectivity index (χ4v) is 9.19. The maximum absolute atomic E-state index is 13.5. The van der Waals surface area contributed by atoms with Gasteiger partial charge in [0.25, 0.3) is 0 Å². The van der Waals surface area contributed by atoms with Crippen LogP contribution in [0.5, 0.6) is 5.75 Å². The molecule has 328 valence electrons. The highest BCUT2D eigenvalue weighted by atomic mass is 32.2.